The van der Waals surface area contributed by atoms with E-state index in [9.17, 15) is 0 Å². The van der Waals surface area contributed by atoms with Crippen molar-refractivity contribution in [2.45, 2.75) is 25.1 Å². The molecule has 0 atom stereocenters. The van der Waals surface area contributed by atoms with Gasteiger partial charge in [0.25, 0.3) is 0 Å². The Balaban J connectivity index is 2.03. The van der Waals surface area contributed by atoms with E-state index in [0.29, 0.717) is 0 Å². The smallest absolute Gasteiger partial charge is 0.128 e. The van der Waals surface area contributed by atoms with Crippen LogP contribution < -0.4 is 4.90 Å². The Bertz CT molecular complexity index is 302. The van der Waals surface area contributed by atoms with Crippen LogP contribution in [0.5, 0.6) is 0 Å². The number of hydrogen-bond donors (Lipinski definition) is 0. The molecule has 0 bridgehead atoms. The first-order valence-corrected chi connectivity index (χ1v) is 6.67. The Hall–Kier alpha value is -0.570. The van der Waals surface area contributed by atoms with Crippen LogP contribution in [-0.2, 0) is 5.33 Å². The Labute approximate surface area is 99.8 Å². The molecule has 1 aromatic rings. The fourth-order valence-corrected chi connectivity index (χ4v) is 2.25. The first-order chi connectivity index (χ1) is 7.29. The highest BCUT2D eigenvalue weighted by Gasteiger charge is 2.16. The number of halogens is 1. The summed E-state index contributed by atoms with van der Waals surface area (Å²) in [6, 6.07) is 4.28. The fourth-order valence-electron chi connectivity index (χ4n) is 1.92. The van der Waals surface area contributed by atoms with Crippen LogP contribution in [0.4, 0.5) is 5.82 Å². The second-order valence-electron chi connectivity index (χ2n) is 4.33. The molecule has 2 rings (SSSR count). The quantitative estimate of drug-likeness (QED) is 0.766. The molecule has 0 N–H and O–H groups in total. The molecule has 2 nitrogen and oxygen atoms in total. The minimum atomic E-state index is 0.878. The molecule has 0 radical (unpaired) electrons. The third kappa shape index (κ3) is 2.71. The van der Waals surface area contributed by atoms with E-state index < -0.39 is 0 Å². The van der Waals surface area contributed by atoms with Crippen LogP contribution in [0.3, 0.4) is 0 Å². The van der Waals surface area contributed by atoms with E-state index >= 15 is 0 Å². The van der Waals surface area contributed by atoms with Crippen molar-refractivity contribution in [3.63, 3.8) is 0 Å². The summed E-state index contributed by atoms with van der Waals surface area (Å²) in [6.45, 7) is 4.64. The maximum atomic E-state index is 4.49. The Kier molecular flexibility index (Phi) is 3.62. The summed E-state index contributed by atoms with van der Waals surface area (Å²) in [5.74, 6) is 2.01. The summed E-state index contributed by atoms with van der Waals surface area (Å²) in [7, 11) is 0. The molecular formula is C12H17BrN2. The lowest BCUT2D eigenvalue weighted by molar-refractivity contribution is 0.436. The monoisotopic (exact) mass is 268 g/mol. The highest BCUT2D eigenvalue weighted by atomic mass is 79.9. The largest absolute Gasteiger partial charge is 0.357 e. The van der Waals surface area contributed by atoms with Crippen molar-refractivity contribution in [1.82, 2.24) is 4.98 Å². The zero-order chi connectivity index (χ0) is 10.7. The van der Waals surface area contributed by atoms with Gasteiger partial charge < -0.3 is 4.90 Å². The lowest BCUT2D eigenvalue weighted by Gasteiger charge is -2.31. The van der Waals surface area contributed by atoms with Gasteiger partial charge >= 0.3 is 0 Å². The van der Waals surface area contributed by atoms with Crippen LogP contribution in [0.1, 0.15) is 25.3 Å². The molecule has 2 heterocycles. The molecule has 0 spiro atoms. The van der Waals surface area contributed by atoms with Crippen LogP contribution in [0.2, 0.25) is 0 Å². The van der Waals surface area contributed by atoms with Gasteiger partial charge in [0, 0.05) is 24.6 Å². The van der Waals surface area contributed by atoms with Crippen molar-refractivity contribution in [3.8, 4) is 0 Å². The molecule has 15 heavy (non-hydrogen) atoms. The second-order valence-corrected chi connectivity index (χ2v) is 4.89. The molecule has 1 saturated heterocycles. The Morgan fingerprint density at radius 1 is 1.40 bits per heavy atom. The number of pyridine rings is 1. The van der Waals surface area contributed by atoms with Crippen molar-refractivity contribution < 1.29 is 0 Å². The van der Waals surface area contributed by atoms with Gasteiger partial charge in [-0.3, -0.25) is 0 Å². The zero-order valence-corrected chi connectivity index (χ0v) is 10.7. The molecular weight excluding hydrogens is 252 g/mol. The molecule has 1 aromatic heterocycles. The zero-order valence-electron chi connectivity index (χ0n) is 9.12. The van der Waals surface area contributed by atoms with Crippen molar-refractivity contribution in [2.75, 3.05) is 18.0 Å². The van der Waals surface area contributed by atoms with Crippen molar-refractivity contribution in [3.05, 3.63) is 23.9 Å². The standard InChI is InChI=1S/C12H17BrN2/c1-10-4-6-15(7-5-10)12-3-2-11(8-13)9-14-12/h2-3,9-10H,4-8H2,1H3. The third-order valence-corrected chi connectivity index (χ3v) is 3.72. The molecule has 0 aliphatic carbocycles. The van der Waals surface area contributed by atoms with E-state index in [1.54, 1.807) is 0 Å². The van der Waals surface area contributed by atoms with Crippen LogP contribution in [0.25, 0.3) is 0 Å². The van der Waals surface area contributed by atoms with Gasteiger partial charge in [0.05, 0.1) is 0 Å². The summed E-state index contributed by atoms with van der Waals surface area (Å²) < 4.78 is 0. The minimum Gasteiger partial charge on any atom is -0.357 e. The van der Waals surface area contributed by atoms with Crippen LogP contribution in [-0.4, -0.2) is 18.1 Å². The Morgan fingerprint density at radius 2 is 2.13 bits per heavy atom. The fraction of sp³-hybridized carbons (Fsp3) is 0.583. The van der Waals surface area contributed by atoms with Crippen LogP contribution in [0.15, 0.2) is 18.3 Å². The molecule has 1 aliphatic heterocycles. The molecule has 0 unspecified atom stereocenters. The van der Waals surface area contributed by atoms with E-state index in [1.165, 1.54) is 18.4 Å². The highest BCUT2D eigenvalue weighted by molar-refractivity contribution is 9.08. The van der Waals surface area contributed by atoms with Gasteiger partial charge in [-0.05, 0) is 30.4 Å². The SMILES string of the molecule is CC1CCN(c2ccc(CBr)cn2)CC1. The first-order valence-electron chi connectivity index (χ1n) is 5.55. The lowest BCUT2D eigenvalue weighted by atomic mass is 9.99. The van der Waals surface area contributed by atoms with E-state index in [1.807, 2.05) is 6.20 Å². The lowest BCUT2D eigenvalue weighted by Crippen LogP contribution is -2.33. The molecule has 1 aliphatic rings. The summed E-state index contributed by atoms with van der Waals surface area (Å²) >= 11 is 3.43. The third-order valence-electron chi connectivity index (χ3n) is 3.07. The summed E-state index contributed by atoms with van der Waals surface area (Å²) in [5.41, 5.74) is 1.24. The Morgan fingerprint density at radius 3 is 2.67 bits per heavy atom. The molecule has 0 aromatic carbocycles. The number of piperidine rings is 1. The van der Waals surface area contributed by atoms with E-state index in [2.05, 4.69) is 44.9 Å². The summed E-state index contributed by atoms with van der Waals surface area (Å²) in [5, 5.41) is 0.886. The van der Waals surface area contributed by atoms with Gasteiger partial charge in [-0.2, -0.15) is 0 Å². The normalized spacial score (nSPS) is 18.1. The van der Waals surface area contributed by atoms with E-state index in [4.69, 9.17) is 0 Å². The summed E-state index contributed by atoms with van der Waals surface area (Å²) in [6.07, 6.45) is 4.55. The maximum Gasteiger partial charge on any atom is 0.128 e. The van der Waals surface area contributed by atoms with Crippen LogP contribution >= 0.6 is 15.9 Å². The predicted molar refractivity (Wildman–Crippen MR) is 67.5 cm³/mol. The van der Waals surface area contributed by atoms with E-state index in [0.717, 1.165) is 30.2 Å². The first kappa shape index (κ1) is 10.9. The minimum absolute atomic E-state index is 0.878. The van der Waals surface area contributed by atoms with Gasteiger partial charge in [0.2, 0.25) is 0 Å². The second kappa shape index (κ2) is 4.97. The highest BCUT2D eigenvalue weighted by Crippen LogP contribution is 2.21. The average molecular weight is 269 g/mol. The number of alkyl halides is 1. The van der Waals surface area contributed by atoms with Crippen molar-refractivity contribution in [1.29, 1.82) is 0 Å². The topological polar surface area (TPSA) is 16.1 Å². The van der Waals surface area contributed by atoms with E-state index in [-0.39, 0.29) is 0 Å². The van der Waals surface area contributed by atoms with Crippen LogP contribution in [0, 0.1) is 5.92 Å². The number of anilines is 1. The predicted octanol–water partition coefficient (Wildman–Crippen LogP) is 3.21. The maximum absolute atomic E-state index is 4.49. The van der Waals surface area contributed by atoms with Gasteiger partial charge in [0.15, 0.2) is 0 Å². The molecule has 0 saturated carbocycles. The van der Waals surface area contributed by atoms with Gasteiger partial charge in [-0.1, -0.05) is 28.9 Å². The molecule has 82 valence electrons. The van der Waals surface area contributed by atoms with Gasteiger partial charge in [-0.25, -0.2) is 4.98 Å². The van der Waals surface area contributed by atoms with Gasteiger partial charge in [-0.15, -0.1) is 0 Å². The average Bonchev–Trinajstić information content (AvgIpc) is 2.30. The summed E-state index contributed by atoms with van der Waals surface area (Å²) in [4.78, 5) is 6.88. The molecule has 1 fully saturated rings. The molecule has 0 amide bonds. The van der Waals surface area contributed by atoms with Crippen molar-refractivity contribution >= 4 is 21.7 Å². The number of nitrogens with zero attached hydrogens (tertiary/aromatic N) is 2. The molecule has 3 heteroatoms. The van der Waals surface area contributed by atoms with Crippen molar-refractivity contribution in [2.24, 2.45) is 5.92 Å². The number of rotatable bonds is 2. The van der Waals surface area contributed by atoms with Gasteiger partial charge in [0.1, 0.15) is 5.82 Å². The number of hydrogen-bond acceptors (Lipinski definition) is 2. The number of aromatic nitrogens is 1.